The van der Waals surface area contributed by atoms with Gasteiger partial charge in [0.25, 0.3) is 0 Å². The molecule has 0 aliphatic carbocycles. The molecule has 0 radical (unpaired) electrons. The van der Waals surface area contributed by atoms with Gasteiger partial charge in [0.1, 0.15) is 19.8 Å². The van der Waals surface area contributed by atoms with Gasteiger partial charge in [-0.25, -0.2) is 0 Å². The van der Waals surface area contributed by atoms with Crippen molar-refractivity contribution < 1.29 is 28.6 Å². The largest absolute Gasteiger partial charge is 0.464 e. The molecule has 0 saturated heterocycles. The summed E-state index contributed by atoms with van der Waals surface area (Å²) in [5.74, 6) is -0.506. The molecule has 0 atom stereocenters. The van der Waals surface area contributed by atoms with Crippen LogP contribution in [0.5, 0.6) is 0 Å². The molecule has 0 aromatic rings. The van der Waals surface area contributed by atoms with E-state index in [-0.39, 0.29) is 39.5 Å². The topological polar surface area (TPSA) is 82.1 Å². The molecule has 0 aromatic heterocycles. The van der Waals surface area contributed by atoms with E-state index in [1.165, 1.54) is 4.90 Å². The van der Waals surface area contributed by atoms with E-state index in [1.54, 1.807) is 0 Å². The molecule has 10 heteroatoms. The lowest BCUT2D eigenvalue weighted by molar-refractivity contribution is -0.151. The second-order valence-corrected chi connectivity index (χ2v) is 5.32. The number of carbonyl (C=O) groups excluding carboxylic acids is 3. The van der Waals surface area contributed by atoms with Gasteiger partial charge < -0.3 is 14.2 Å². The Kier molecular flexibility index (Phi) is 13.7. The van der Waals surface area contributed by atoms with Crippen molar-refractivity contribution in [1.82, 2.24) is 4.90 Å². The number of hydrogen-bond donors (Lipinski definition) is 3. The number of ether oxygens (including phenoxy) is 3. The highest BCUT2D eigenvalue weighted by Crippen LogP contribution is 1.96. The first-order chi connectivity index (χ1) is 10.5. The van der Waals surface area contributed by atoms with Gasteiger partial charge in [0, 0.05) is 17.3 Å². The third kappa shape index (κ3) is 12.0. The van der Waals surface area contributed by atoms with E-state index in [0.29, 0.717) is 17.3 Å². The van der Waals surface area contributed by atoms with Gasteiger partial charge in [-0.1, -0.05) is 0 Å². The molecule has 0 heterocycles. The zero-order chi connectivity index (χ0) is 16.8. The maximum atomic E-state index is 11.6. The van der Waals surface area contributed by atoms with Crippen LogP contribution in [-0.2, 0) is 28.6 Å². The molecule has 22 heavy (non-hydrogen) atoms. The molecule has 0 saturated carbocycles. The third-order valence-corrected chi connectivity index (χ3v) is 2.67. The van der Waals surface area contributed by atoms with Crippen LogP contribution in [0.4, 0.5) is 0 Å². The maximum Gasteiger partial charge on any atom is 0.320 e. The Hall–Kier alpha value is -0.580. The smallest absolute Gasteiger partial charge is 0.320 e. The number of carbonyl (C=O) groups is 3. The second-order valence-electron chi connectivity index (χ2n) is 3.98. The van der Waals surface area contributed by atoms with Gasteiger partial charge in [0.15, 0.2) is 0 Å². The third-order valence-electron chi connectivity index (χ3n) is 2.12. The molecule has 0 unspecified atom stereocenters. The van der Waals surface area contributed by atoms with Crippen molar-refractivity contribution in [2.45, 2.75) is 0 Å². The molecule has 0 spiro atoms. The second kappa shape index (κ2) is 14.0. The summed E-state index contributed by atoms with van der Waals surface area (Å²) in [7, 11) is 0. The molecular weight excluding hydrogens is 350 g/mol. The average Bonchev–Trinajstić information content (AvgIpc) is 2.48. The minimum absolute atomic E-state index is 0.157. The van der Waals surface area contributed by atoms with Crippen LogP contribution in [0.1, 0.15) is 0 Å². The van der Waals surface area contributed by atoms with Gasteiger partial charge in [-0.15, -0.1) is 0 Å². The first kappa shape index (κ1) is 21.4. The predicted octanol–water partition coefficient (Wildman–Crippen LogP) is -0.293. The van der Waals surface area contributed by atoms with Crippen molar-refractivity contribution in [2.75, 3.05) is 56.7 Å². The number of hydrogen-bond acceptors (Lipinski definition) is 10. The van der Waals surface area contributed by atoms with Gasteiger partial charge in [-0.05, 0) is 0 Å². The summed E-state index contributed by atoms with van der Waals surface area (Å²) in [6.45, 7) is -0.197. The van der Waals surface area contributed by atoms with Crippen LogP contribution >= 0.6 is 37.9 Å². The highest BCUT2D eigenvalue weighted by molar-refractivity contribution is 7.80. The van der Waals surface area contributed by atoms with Crippen LogP contribution in [0.2, 0.25) is 0 Å². The minimum atomic E-state index is -0.557. The molecule has 0 aliphatic rings. The van der Waals surface area contributed by atoms with E-state index in [9.17, 15) is 14.4 Å². The molecular formula is C12H21NO6S3. The summed E-state index contributed by atoms with van der Waals surface area (Å²) < 4.78 is 14.6. The molecule has 0 rings (SSSR count). The summed E-state index contributed by atoms with van der Waals surface area (Å²) in [6.07, 6.45) is 0. The van der Waals surface area contributed by atoms with E-state index in [4.69, 9.17) is 14.2 Å². The molecule has 128 valence electrons. The number of nitrogens with zero attached hydrogens (tertiary/aromatic N) is 1. The van der Waals surface area contributed by atoms with Crippen LogP contribution in [0.25, 0.3) is 0 Å². The predicted molar refractivity (Wildman–Crippen MR) is 90.9 cm³/mol. The van der Waals surface area contributed by atoms with Gasteiger partial charge in [-0.2, -0.15) is 37.9 Å². The van der Waals surface area contributed by atoms with Gasteiger partial charge in [-0.3, -0.25) is 19.3 Å². The first-order valence-corrected chi connectivity index (χ1v) is 8.45. The lowest BCUT2D eigenvalue weighted by atomic mass is 10.4. The minimum Gasteiger partial charge on any atom is -0.464 e. The van der Waals surface area contributed by atoms with Gasteiger partial charge >= 0.3 is 17.9 Å². The molecule has 0 amide bonds. The van der Waals surface area contributed by atoms with Crippen molar-refractivity contribution >= 4 is 55.8 Å². The molecule has 0 bridgehead atoms. The van der Waals surface area contributed by atoms with E-state index in [1.807, 2.05) is 0 Å². The summed E-state index contributed by atoms with van der Waals surface area (Å²) in [4.78, 5) is 36.0. The summed E-state index contributed by atoms with van der Waals surface area (Å²) >= 11 is 11.8. The molecule has 7 nitrogen and oxygen atoms in total. The van der Waals surface area contributed by atoms with E-state index >= 15 is 0 Å². The Morgan fingerprint density at radius 2 is 0.909 bits per heavy atom. The molecule has 0 N–H and O–H groups in total. The Morgan fingerprint density at radius 3 is 1.14 bits per heavy atom. The van der Waals surface area contributed by atoms with Gasteiger partial charge in [0.2, 0.25) is 0 Å². The van der Waals surface area contributed by atoms with Crippen molar-refractivity contribution in [1.29, 1.82) is 0 Å². The maximum absolute atomic E-state index is 11.6. The quantitative estimate of drug-likeness (QED) is 0.247. The lowest BCUT2D eigenvalue weighted by Crippen LogP contribution is -2.40. The first-order valence-electron chi connectivity index (χ1n) is 6.55. The number of esters is 3. The standard InChI is InChI=1S/C12H21NO6S3/c14-10(17-1-4-20)7-13(8-11(15)18-2-5-21)9-12(16)19-3-6-22/h20-22H,1-9H2. The average molecular weight is 372 g/mol. The normalized spacial score (nSPS) is 10.4. The lowest BCUT2D eigenvalue weighted by Gasteiger charge is -2.19. The fraction of sp³-hybridized carbons (Fsp3) is 0.750. The van der Waals surface area contributed by atoms with Crippen LogP contribution in [-0.4, -0.2) is 79.5 Å². The highest BCUT2D eigenvalue weighted by Gasteiger charge is 2.20. The Labute approximate surface area is 146 Å². The summed E-state index contributed by atoms with van der Waals surface area (Å²) in [6, 6.07) is 0. The van der Waals surface area contributed by atoms with E-state index in [0.717, 1.165) is 0 Å². The molecule has 0 fully saturated rings. The van der Waals surface area contributed by atoms with Gasteiger partial charge in [0.05, 0.1) is 19.6 Å². The van der Waals surface area contributed by atoms with Crippen LogP contribution in [0, 0.1) is 0 Å². The van der Waals surface area contributed by atoms with Crippen molar-refractivity contribution in [3.05, 3.63) is 0 Å². The fourth-order valence-corrected chi connectivity index (χ4v) is 1.60. The van der Waals surface area contributed by atoms with Crippen LogP contribution < -0.4 is 0 Å². The van der Waals surface area contributed by atoms with Crippen LogP contribution in [0.3, 0.4) is 0 Å². The zero-order valence-corrected chi connectivity index (χ0v) is 14.8. The van der Waals surface area contributed by atoms with Crippen LogP contribution in [0.15, 0.2) is 0 Å². The Bertz CT molecular complexity index is 303. The monoisotopic (exact) mass is 371 g/mol. The van der Waals surface area contributed by atoms with E-state index < -0.39 is 17.9 Å². The fourth-order valence-electron chi connectivity index (χ4n) is 1.33. The highest BCUT2D eigenvalue weighted by atomic mass is 32.1. The summed E-state index contributed by atoms with van der Waals surface area (Å²) in [5.41, 5.74) is 0. The summed E-state index contributed by atoms with van der Waals surface area (Å²) in [5, 5.41) is 0. The number of rotatable bonds is 12. The van der Waals surface area contributed by atoms with Crippen molar-refractivity contribution in [3.63, 3.8) is 0 Å². The van der Waals surface area contributed by atoms with Crippen molar-refractivity contribution in [3.8, 4) is 0 Å². The molecule has 0 aromatic carbocycles. The zero-order valence-electron chi connectivity index (χ0n) is 12.1. The Balaban J connectivity index is 4.44. The Morgan fingerprint density at radius 1 is 0.636 bits per heavy atom. The molecule has 0 aliphatic heterocycles. The SMILES string of the molecule is O=C(CN(CC(=O)OCCS)CC(=O)OCCS)OCCS. The van der Waals surface area contributed by atoms with Crippen molar-refractivity contribution in [2.24, 2.45) is 0 Å². The van der Waals surface area contributed by atoms with E-state index in [2.05, 4.69) is 37.9 Å². The number of thiol groups is 3.